The Balaban J connectivity index is 3.08. The van der Waals surface area contributed by atoms with Crippen LogP contribution in [0.4, 0.5) is 10.1 Å². The van der Waals surface area contributed by atoms with Crippen molar-refractivity contribution in [1.82, 2.24) is 0 Å². The number of hydrogen-bond donors (Lipinski definition) is 2. The van der Waals surface area contributed by atoms with Crippen LogP contribution in [0.25, 0.3) is 0 Å². The Kier molecular flexibility index (Phi) is 2.87. The van der Waals surface area contributed by atoms with Crippen LogP contribution in [0.15, 0.2) is 16.6 Å². The van der Waals surface area contributed by atoms with Gasteiger partial charge in [0.25, 0.3) is 0 Å². The fourth-order valence-corrected chi connectivity index (χ4v) is 1.23. The zero-order valence-electron chi connectivity index (χ0n) is 6.55. The van der Waals surface area contributed by atoms with Gasteiger partial charge in [-0.1, -0.05) is 0 Å². The lowest BCUT2D eigenvalue weighted by Gasteiger charge is -2.03. The number of halogens is 2. The zero-order chi connectivity index (χ0) is 10.0. The number of benzene rings is 1. The Morgan fingerprint density at radius 3 is 2.77 bits per heavy atom. The third-order valence-corrected chi connectivity index (χ3v) is 2.19. The molecule has 0 saturated carbocycles. The average molecular weight is 248 g/mol. The molecule has 0 aromatic heterocycles. The molecule has 13 heavy (non-hydrogen) atoms. The molecule has 0 saturated heterocycles. The fraction of sp³-hybridized carbons (Fsp3) is 0.125. The van der Waals surface area contributed by atoms with E-state index in [1.807, 2.05) is 0 Å². The molecule has 3 N–H and O–H groups in total. The van der Waals surface area contributed by atoms with E-state index in [-0.39, 0.29) is 12.0 Å². The smallest absolute Gasteiger partial charge is 0.307 e. The average Bonchev–Trinajstić information content (AvgIpc) is 1.99. The predicted octanol–water partition coefficient (Wildman–Crippen LogP) is 1.80. The standard InChI is InChI=1S/C8H7BrFNO2/c9-5-3-6(10)4(1-7(5)11)2-8(12)13/h1,3H,2,11H2,(H,12,13). The summed E-state index contributed by atoms with van der Waals surface area (Å²) in [5, 5.41) is 8.43. The van der Waals surface area contributed by atoms with E-state index in [4.69, 9.17) is 10.8 Å². The molecule has 70 valence electrons. The summed E-state index contributed by atoms with van der Waals surface area (Å²) in [7, 11) is 0. The van der Waals surface area contributed by atoms with Gasteiger partial charge in [0.05, 0.1) is 6.42 Å². The van der Waals surface area contributed by atoms with Crippen LogP contribution >= 0.6 is 15.9 Å². The van der Waals surface area contributed by atoms with E-state index < -0.39 is 11.8 Å². The Labute approximate surface area is 82.5 Å². The van der Waals surface area contributed by atoms with Crippen LogP contribution in [0, 0.1) is 5.82 Å². The minimum Gasteiger partial charge on any atom is -0.481 e. The molecule has 0 aliphatic rings. The molecular weight excluding hydrogens is 241 g/mol. The normalized spacial score (nSPS) is 10.0. The number of carboxylic acids is 1. The zero-order valence-corrected chi connectivity index (χ0v) is 8.14. The molecule has 3 nitrogen and oxygen atoms in total. The molecule has 5 heteroatoms. The topological polar surface area (TPSA) is 63.3 Å². The van der Waals surface area contributed by atoms with Gasteiger partial charge in [-0.05, 0) is 28.1 Å². The van der Waals surface area contributed by atoms with Crippen molar-refractivity contribution < 1.29 is 14.3 Å². The first-order chi connectivity index (χ1) is 6.00. The van der Waals surface area contributed by atoms with E-state index in [0.29, 0.717) is 10.2 Å². The summed E-state index contributed by atoms with van der Waals surface area (Å²) in [4.78, 5) is 10.3. The van der Waals surface area contributed by atoms with Gasteiger partial charge in [-0.3, -0.25) is 4.79 Å². The molecule has 0 bridgehead atoms. The first-order valence-corrected chi connectivity index (χ1v) is 4.25. The van der Waals surface area contributed by atoms with Crippen molar-refractivity contribution in [2.45, 2.75) is 6.42 Å². The van der Waals surface area contributed by atoms with Gasteiger partial charge in [0.2, 0.25) is 0 Å². The Bertz CT molecular complexity index is 354. The third-order valence-electron chi connectivity index (χ3n) is 1.51. The summed E-state index contributed by atoms with van der Waals surface area (Å²) in [5.41, 5.74) is 5.88. The maximum atomic E-state index is 13.0. The molecule has 1 rings (SSSR count). The van der Waals surface area contributed by atoms with Crippen molar-refractivity contribution in [2.24, 2.45) is 0 Å². The fourth-order valence-electron chi connectivity index (χ4n) is 0.911. The summed E-state index contributed by atoms with van der Waals surface area (Å²) in [6.45, 7) is 0. The second kappa shape index (κ2) is 3.74. The number of anilines is 1. The SMILES string of the molecule is Nc1cc(CC(=O)O)c(F)cc1Br. The molecule has 0 spiro atoms. The highest BCUT2D eigenvalue weighted by Crippen LogP contribution is 2.23. The minimum atomic E-state index is -1.08. The molecule has 1 aromatic rings. The maximum absolute atomic E-state index is 13.0. The summed E-state index contributed by atoms with van der Waals surface area (Å²) < 4.78 is 13.5. The number of nitrogens with two attached hydrogens (primary N) is 1. The first-order valence-electron chi connectivity index (χ1n) is 3.46. The molecule has 0 fully saturated rings. The molecule has 0 amide bonds. The molecule has 0 heterocycles. The van der Waals surface area contributed by atoms with Gasteiger partial charge in [-0.15, -0.1) is 0 Å². The van der Waals surface area contributed by atoms with E-state index in [9.17, 15) is 9.18 Å². The Hall–Kier alpha value is -1.10. The molecule has 0 aliphatic heterocycles. The van der Waals surface area contributed by atoms with Gasteiger partial charge in [-0.25, -0.2) is 4.39 Å². The van der Waals surface area contributed by atoms with Crippen LogP contribution in [0.2, 0.25) is 0 Å². The van der Waals surface area contributed by atoms with Crippen molar-refractivity contribution in [2.75, 3.05) is 5.73 Å². The van der Waals surface area contributed by atoms with Gasteiger partial charge in [-0.2, -0.15) is 0 Å². The summed E-state index contributed by atoms with van der Waals surface area (Å²) in [6.07, 6.45) is -0.358. The number of carboxylic acid groups (broad SMARTS) is 1. The molecular formula is C8H7BrFNO2. The van der Waals surface area contributed by atoms with Gasteiger partial charge >= 0.3 is 5.97 Å². The van der Waals surface area contributed by atoms with Crippen molar-refractivity contribution in [3.05, 3.63) is 28.0 Å². The summed E-state index contributed by atoms with van der Waals surface area (Å²) in [6, 6.07) is 2.47. The van der Waals surface area contributed by atoms with Crippen molar-refractivity contribution in [3.8, 4) is 0 Å². The van der Waals surface area contributed by atoms with Crippen molar-refractivity contribution in [1.29, 1.82) is 0 Å². The quantitative estimate of drug-likeness (QED) is 0.784. The largest absolute Gasteiger partial charge is 0.481 e. The highest BCUT2D eigenvalue weighted by molar-refractivity contribution is 9.10. The van der Waals surface area contributed by atoms with Crippen molar-refractivity contribution in [3.63, 3.8) is 0 Å². The lowest BCUT2D eigenvalue weighted by atomic mass is 10.1. The van der Waals surface area contributed by atoms with Crippen LogP contribution in [0.5, 0.6) is 0 Å². The Morgan fingerprint density at radius 1 is 1.62 bits per heavy atom. The number of nitrogen functional groups attached to an aromatic ring is 1. The van der Waals surface area contributed by atoms with E-state index in [1.54, 1.807) is 0 Å². The van der Waals surface area contributed by atoms with E-state index >= 15 is 0 Å². The predicted molar refractivity (Wildman–Crippen MR) is 49.9 cm³/mol. The maximum Gasteiger partial charge on any atom is 0.307 e. The highest BCUT2D eigenvalue weighted by atomic mass is 79.9. The Morgan fingerprint density at radius 2 is 2.23 bits per heavy atom. The van der Waals surface area contributed by atoms with E-state index in [2.05, 4.69) is 15.9 Å². The number of hydrogen-bond acceptors (Lipinski definition) is 2. The van der Waals surface area contributed by atoms with Crippen LogP contribution in [0.3, 0.4) is 0 Å². The lowest BCUT2D eigenvalue weighted by molar-refractivity contribution is -0.136. The van der Waals surface area contributed by atoms with Crippen LogP contribution in [0.1, 0.15) is 5.56 Å². The summed E-state index contributed by atoms with van der Waals surface area (Å²) >= 11 is 3.03. The second-order valence-corrected chi connectivity index (χ2v) is 3.39. The van der Waals surface area contributed by atoms with E-state index in [1.165, 1.54) is 6.07 Å². The third kappa shape index (κ3) is 2.42. The number of carbonyl (C=O) groups is 1. The van der Waals surface area contributed by atoms with Gasteiger partial charge in [0.15, 0.2) is 0 Å². The van der Waals surface area contributed by atoms with Gasteiger partial charge in [0, 0.05) is 15.7 Å². The van der Waals surface area contributed by atoms with Crippen LogP contribution in [-0.2, 0) is 11.2 Å². The first kappa shape index (κ1) is 9.98. The lowest BCUT2D eigenvalue weighted by Crippen LogP contribution is -2.03. The minimum absolute atomic E-state index is 0.0909. The van der Waals surface area contributed by atoms with E-state index in [0.717, 1.165) is 6.07 Å². The number of rotatable bonds is 2. The van der Waals surface area contributed by atoms with Crippen LogP contribution < -0.4 is 5.73 Å². The highest BCUT2D eigenvalue weighted by Gasteiger charge is 2.09. The summed E-state index contributed by atoms with van der Waals surface area (Å²) in [5.74, 6) is -1.65. The monoisotopic (exact) mass is 247 g/mol. The van der Waals surface area contributed by atoms with Crippen LogP contribution in [-0.4, -0.2) is 11.1 Å². The molecule has 0 aliphatic carbocycles. The van der Waals surface area contributed by atoms with Gasteiger partial charge in [0.1, 0.15) is 5.82 Å². The number of aliphatic carboxylic acids is 1. The molecule has 0 radical (unpaired) electrons. The molecule has 1 aromatic carbocycles. The van der Waals surface area contributed by atoms with Gasteiger partial charge < -0.3 is 10.8 Å². The molecule has 0 unspecified atom stereocenters. The molecule has 0 atom stereocenters. The van der Waals surface area contributed by atoms with Crippen molar-refractivity contribution >= 4 is 27.6 Å². The second-order valence-electron chi connectivity index (χ2n) is 2.54.